The summed E-state index contributed by atoms with van der Waals surface area (Å²) >= 11 is 0. The van der Waals surface area contributed by atoms with E-state index in [1.165, 1.54) is 11.9 Å². The Morgan fingerprint density at radius 1 is 1.15 bits per heavy atom. The first-order valence-electron chi connectivity index (χ1n) is 8.26. The van der Waals surface area contributed by atoms with E-state index in [9.17, 15) is 13.2 Å². The number of benzene rings is 2. The Hall–Kier alpha value is -2.67. The van der Waals surface area contributed by atoms with Gasteiger partial charge in [-0.05, 0) is 24.1 Å². The summed E-state index contributed by atoms with van der Waals surface area (Å²) in [6.45, 7) is 3.49. The molecule has 6 nitrogen and oxygen atoms in total. The van der Waals surface area contributed by atoms with E-state index in [0.29, 0.717) is 23.4 Å². The normalized spacial score (nSPS) is 17.1. The molecule has 7 heteroatoms. The molecule has 26 heavy (non-hydrogen) atoms. The van der Waals surface area contributed by atoms with E-state index in [1.807, 2.05) is 43.3 Å². The largest absolute Gasteiger partial charge is 0.283 e. The number of rotatable bonds is 4. The number of anilines is 1. The highest BCUT2D eigenvalue weighted by atomic mass is 32.2. The Bertz CT molecular complexity index is 983. The van der Waals surface area contributed by atoms with Gasteiger partial charge in [0.25, 0.3) is 0 Å². The molecule has 0 saturated carbocycles. The number of nitrogens with zero attached hydrogens (tertiary/aromatic N) is 2. The van der Waals surface area contributed by atoms with Crippen LogP contribution in [0.4, 0.5) is 5.69 Å². The van der Waals surface area contributed by atoms with E-state index in [-0.39, 0.29) is 11.9 Å². The van der Waals surface area contributed by atoms with Gasteiger partial charge in [-0.1, -0.05) is 42.5 Å². The minimum Gasteiger partial charge on any atom is -0.283 e. The molecule has 1 aliphatic heterocycles. The maximum absolute atomic E-state index is 12.1. The Kier molecular flexibility index (Phi) is 4.82. The standard InChI is InChI=1S/C19H21N3O3S/c1-13-8-4-5-9-15(13)19-12-18(20-22(19)14(2)23)16-10-6-7-11-17(16)21-26(3,24)25/h4-11,19,21H,12H2,1-3H3/t19-/m1/s1. The van der Waals surface area contributed by atoms with Gasteiger partial charge >= 0.3 is 0 Å². The van der Waals surface area contributed by atoms with E-state index >= 15 is 0 Å². The molecule has 0 aromatic heterocycles. The van der Waals surface area contributed by atoms with Gasteiger partial charge in [0.1, 0.15) is 0 Å². The van der Waals surface area contributed by atoms with Gasteiger partial charge in [0.05, 0.1) is 23.7 Å². The summed E-state index contributed by atoms with van der Waals surface area (Å²) in [7, 11) is -3.42. The lowest BCUT2D eigenvalue weighted by molar-refractivity contribution is -0.130. The van der Waals surface area contributed by atoms with Crippen LogP contribution in [-0.4, -0.2) is 31.3 Å². The van der Waals surface area contributed by atoms with Gasteiger partial charge in [-0.3, -0.25) is 9.52 Å². The molecule has 0 radical (unpaired) electrons. The third kappa shape index (κ3) is 3.77. The van der Waals surface area contributed by atoms with Crippen LogP contribution in [0.3, 0.4) is 0 Å². The van der Waals surface area contributed by atoms with Gasteiger partial charge in [0.15, 0.2) is 0 Å². The lowest BCUT2D eigenvalue weighted by Crippen LogP contribution is -2.24. The van der Waals surface area contributed by atoms with Crippen molar-refractivity contribution in [1.82, 2.24) is 5.01 Å². The summed E-state index contributed by atoms with van der Waals surface area (Å²) in [4.78, 5) is 12.1. The third-order valence-corrected chi connectivity index (χ3v) is 4.90. The molecule has 1 aliphatic rings. The number of hydrazone groups is 1. The number of sulfonamides is 1. The van der Waals surface area contributed by atoms with Crippen LogP contribution in [0, 0.1) is 6.92 Å². The zero-order valence-electron chi connectivity index (χ0n) is 14.9. The number of hydrogen-bond acceptors (Lipinski definition) is 4. The molecule has 0 saturated heterocycles. The molecule has 2 aromatic rings. The van der Waals surface area contributed by atoms with Crippen LogP contribution in [0.25, 0.3) is 0 Å². The van der Waals surface area contributed by atoms with Crippen molar-refractivity contribution in [3.05, 3.63) is 65.2 Å². The number of aryl methyl sites for hydroxylation is 1. The fraction of sp³-hybridized carbons (Fsp3) is 0.263. The molecule has 1 heterocycles. The van der Waals surface area contributed by atoms with E-state index in [0.717, 1.165) is 17.4 Å². The van der Waals surface area contributed by atoms with Crippen molar-refractivity contribution in [2.24, 2.45) is 5.10 Å². The summed E-state index contributed by atoms with van der Waals surface area (Å²) in [5.41, 5.74) is 3.95. The van der Waals surface area contributed by atoms with Gasteiger partial charge in [-0.15, -0.1) is 0 Å². The van der Waals surface area contributed by atoms with E-state index in [4.69, 9.17) is 0 Å². The Labute approximate surface area is 153 Å². The van der Waals surface area contributed by atoms with Crippen molar-refractivity contribution in [3.8, 4) is 0 Å². The van der Waals surface area contributed by atoms with Crippen LogP contribution in [0.2, 0.25) is 0 Å². The van der Waals surface area contributed by atoms with Gasteiger partial charge in [0.2, 0.25) is 15.9 Å². The van der Waals surface area contributed by atoms with Crippen LogP contribution in [-0.2, 0) is 14.8 Å². The van der Waals surface area contributed by atoms with Crippen molar-refractivity contribution in [1.29, 1.82) is 0 Å². The topological polar surface area (TPSA) is 78.8 Å². The van der Waals surface area contributed by atoms with Gasteiger partial charge in [0, 0.05) is 18.9 Å². The summed E-state index contributed by atoms with van der Waals surface area (Å²) in [5.74, 6) is -0.151. The Morgan fingerprint density at radius 3 is 2.46 bits per heavy atom. The zero-order valence-corrected chi connectivity index (χ0v) is 15.7. The molecule has 0 spiro atoms. The van der Waals surface area contributed by atoms with Gasteiger partial charge in [-0.25, -0.2) is 13.4 Å². The number of carbonyl (C=O) groups is 1. The molecule has 0 aliphatic carbocycles. The minimum atomic E-state index is -3.42. The second kappa shape index (κ2) is 6.92. The molecule has 136 valence electrons. The van der Waals surface area contributed by atoms with Crippen molar-refractivity contribution in [3.63, 3.8) is 0 Å². The molecule has 0 bridgehead atoms. The first kappa shape index (κ1) is 18.1. The molecule has 3 rings (SSSR count). The van der Waals surface area contributed by atoms with Crippen LogP contribution in [0.1, 0.15) is 36.1 Å². The van der Waals surface area contributed by atoms with Crippen LogP contribution in [0.15, 0.2) is 53.6 Å². The maximum Gasteiger partial charge on any atom is 0.240 e. The SMILES string of the molecule is CC(=O)N1N=C(c2ccccc2NS(C)(=O)=O)C[C@@H]1c1ccccc1C. The second-order valence-electron chi connectivity index (χ2n) is 6.41. The molecule has 0 unspecified atom stereocenters. The highest BCUT2D eigenvalue weighted by Crippen LogP contribution is 2.35. The molecule has 1 N–H and O–H groups in total. The lowest BCUT2D eigenvalue weighted by atomic mass is 9.95. The first-order valence-corrected chi connectivity index (χ1v) is 10.2. The smallest absolute Gasteiger partial charge is 0.240 e. The quantitative estimate of drug-likeness (QED) is 0.897. The molecule has 2 aromatic carbocycles. The molecular formula is C19H21N3O3S. The third-order valence-electron chi connectivity index (χ3n) is 4.31. The summed E-state index contributed by atoms with van der Waals surface area (Å²) in [5, 5.41) is 5.99. The maximum atomic E-state index is 12.1. The number of amides is 1. The van der Waals surface area contributed by atoms with Crippen LogP contribution >= 0.6 is 0 Å². The molecule has 1 amide bonds. The summed E-state index contributed by atoms with van der Waals surface area (Å²) in [6.07, 6.45) is 1.63. The van der Waals surface area contributed by atoms with Gasteiger partial charge < -0.3 is 0 Å². The second-order valence-corrected chi connectivity index (χ2v) is 8.16. The molecule has 0 fully saturated rings. The average Bonchev–Trinajstić information content (AvgIpc) is 2.99. The van der Waals surface area contributed by atoms with Gasteiger partial charge in [-0.2, -0.15) is 5.10 Å². The lowest BCUT2D eigenvalue weighted by Gasteiger charge is -2.22. The zero-order chi connectivity index (χ0) is 18.9. The number of para-hydroxylation sites is 1. The predicted molar refractivity (Wildman–Crippen MR) is 103 cm³/mol. The highest BCUT2D eigenvalue weighted by Gasteiger charge is 2.33. The van der Waals surface area contributed by atoms with Crippen molar-refractivity contribution >= 4 is 27.3 Å². The fourth-order valence-corrected chi connectivity index (χ4v) is 3.77. The van der Waals surface area contributed by atoms with Crippen molar-refractivity contribution in [2.75, 3.05) is 11.0 Å². The summed E-state index contributed by atoms with van der Waals surface area (Å²) < 4.78 is 25.8. The Morgan fingerprint density at radius 2 is 1.81 bits per heavy atom. The van der Waals surface area contributed by atoms with E-state index in [2.05, 4.69) is 9.82 Å². The number of nitrogens with one attached hydrogen (secondary N) is 1. The summed E-state index contributed by atoms with van der Waals surface area (Å²) in [6, 6.07) is 14.8. The first-order chi connectivity index (χ1) is 12.3. The fourth-order valence-electron chi connectivity index (χ4n) is 3.19. The predicted octanol–water partition coefficient (Wildman–Crippen LogP) is 3.06. The highest BCUT2D eigenvalue weighted by molar-refractivity contribution is 7.92. The number of hydrogen-bond donors (Lipinski definition) is 1. The molecular weight excluding hydrogens is 350 g/mol. The van der Waals surface area contributed by atoms with Crippen LogP contribution < -0.4 is 4.72 Å². The average molecular weight is 371 g/mol. The van der Waals surface area contributed by atoms with Crippen molar-refractivity contribution < 1.29 is 13.2 Å². The number of carbonyl (C=O) groups excluding carboxylic acids is 1. The Balaban J connectivity index is 2.02. The van der Waals surface area contributed by atoms with E-state index < -0.39 is 10.0 Å². The minimum absolute atomic E-state index is 0.151. The van der Waals surface area contributed by atoms with E-state index in [1.54, 1.807) is 12.1 Å². The van der Waals surface area contributed by atoms with Crippen LogP contribution in [0.5, 0.6) is 0 Å². The monoisotopic (exact) mass is 371 g/mol. The van der Waals surface area contributed by atoms with Crippen molar-refractivity contribution in [2.45, 2.75) is 26.3 Å². The molecule has 1 atom stereocenters.